The molecule has 0 radical (unpaired) electrons. The molecule has 0 aliphatic carbocycles. The number of hydrogen-bond donors (Lipinski definition) is 0. The zero-order chi connectivity index (χ0) is 16.4. The van der Waals surface area contributed by atoms with Crippen LogP contribution in [-0.4, -0.2) is 53.0 Å². The van der Waals surface area contributed by atoms with Gasteiger partial charge in [-0.05, 0) is 26.0 Å². The van der Waals surface area contributed by atoms with E-state index in [1.54, 1.807) is 19.1 Å². The Kier molecular flexibility index (Phi) is 5.00. The van der Waals surface area contributed by atoms with Gasteiger partial charge in [-0.3, -0.25) is 4.18 Å². The summed E-state index contributed by atoms with van der Waals surface area (Å²) >= 11 is 0. The number of rotatable bonds is 3. The third-order valence-corrected chi connectivity index (χ3v) is 5.26. The van der Waals surface area contributed by atoms with Gasteiger partial charge in [0.25, 0.3) is 10.1 Å². The molecule has 4 atom stereocenters. The van der Waals surface area contributed by atoms with Crippen LogP contribution < -0.4 is 0 Å². The molecule has 1 aromatic carbocycles. The van der Waals surface area contributed by atoms with Crippen LogP contribution in [0, 0.1) is 6.92 Å². The fourth-order valence-corrected chi connectivity index (χ4v) is 3.72. The third kappa shape index (κ3) is 3.73. The molecule has 0 saturated carbocycles. The van der Waals surface area contributed by atoms with Crippen molar-refractivity contribution in [3.63, 3.8) is 0 Å². The Balaban J connectivity index is 1.84. The van der Waals surface area contributed by atoms with Gasteiger partial charge < -0.3 is 18.9 Å². The van der Waals surface area contributed by atoms with Gasteiger partial charge in [-0.2, -0.15) is 8.42 Å². The highest BCUT2D eigenvalue weighted by molar-refractivity contribution is 7.86. The minimum Gasteiger partial charge on any atom is -0.353 e. The first-order valence-electron chi connectivity index (χ1n) is 7.40. The van der Waals surface area contributed by atoms with E-state index in [-0.39, 0.29) is 18.5 Å². The molecule has 0 bridgehead atoms. The van der Waals surface area contributed by atoms with E-state index < -0.39 is 34.5 Å². The molecular weight excluding hydrogens is 324 g/mol. The number of benzene rings is 1. The van der Waals surface area contributed by atoms with Crippen LogP contribution in [-0.2, 0) is 33.2 Å². The Hall–Kier alpha value is -1.03. The average Bonchev–Trinajstić information content (AvgIpc) is 2.68. The topological polar surface area (TPSA) is 80.3 Å². The summed E-state index contributed by atoms with van der Waals surface area (Å²) in [5.74, 6) is 0. The van der Waals surface area contributed by atoms with Gasteiger partial charge in [0.2, 0.25) is 0 Å². The summed E-state index contributed by atoms with van der Waals surface area (Å²) in [4.78, 5) is 0.101. The Morgan fingerprint density at radius 2 is 1.83 bits per heavy atom. The molecule has 7 nitrogen and oxygen atoms in total. The number of aryl methyl sites for hydroxylation is 1. The van der Waals surface area contributed by atoms with Crippen LogP contribution in [0.25, 0.3) is 0 Å². The number of fused-ring (bicyclic) bond motifs is 1. The minimum absolute atomic E-state index is 0.0412. The van der Waals surface area contributed by atoms with Crippen molar-refractivity contribution >= 4 is 10.1 Å². The van der Waals surface area contributed by atoms with Crippen molar-refractivity contribution in [1.29, 1.82) is 0 Å². The summed E-state index contributed by atoms with van der Waals surface area (Å²) in [7, 11) is -3.93. The summed E-state index contributed by atoms with van der Waals surface area (Å²) in [6.07, 6.45) is -2.30. The smallest absolute Gasteiger partial charge is 0.297 e. The van der Waals surface area contributed by atoms with E-state index in [1.165, 1.54) is 12.1 Å². The maximum absolute atomic E-state index is 12.5. The zero-order valence-corrected chi connectivity index (χ0v) is 13.8. The predicted molar refractivity (Wildman–Crippen MR) is 79.2 cm³/mol. The van der Waals surface area contributed by atoms with Gasteiger partial charge in [0.15, 0.2) is 0 Å². The van der Waals surface area contributed by atoms with E-state index in [0.717, 1.165) is 5.56 Å². The second-order valence-corrected chi connectivity index (χ2v) is 7.21. The lowest BCUT2D eigenvalue weighted by molar-refractivity contribution is -0.223. The molecule has 3 rings (SSSR count). The maximum atomic E-state index is 12.5. The monoisotopic (exact) mass is 344 g/mol. The van der Waals surface area contributed by atoms with Crippen LogP contribution in [0.5, 0.6) is 0 Å². The molecule has 0 aromatic heterocycles. The Morgan fingerprint density at radius 3 is 2.57 bits per heavy atom. The SMILES string of the molecule is Cc1ccc(S(=O)(=O)O[C@H]2[C@H]3OCOC[C@@H]3OCO[C@H]2C)cc1. The largest absolute Gasteiger partial charge is 0.353 e. The second-order valence-electron chi connectivity index (χ2n) is 5.64. The standard InChI is InChI=1S/C15H20O7S/c1-10-3-5-12(6-4-10)23(16,17)22-14-11(2)19-9-20-13-7-18-8-21-15(13)14/h3-6,11,13-15H,7-9H2,1-2H3/t11-,13-,14+,15-/m0/s1. The van der Waals surface area contributed by atoms with E-state index in [2.05, 4.69) is 0 Å². The summed E-state index contributed by atoms with van der Waals surface area (Å²) in [6.45, 7) is 4.04. The van der Waals surface area contributed by atoms with E-state index >= 15 is 0 Å². The van der Waals surface area contributed by atoms with Crippen LogP contribution in [0.2, 0.25) is 0 Å². The average molecular weight is 344 g/mol. The fourth-order valence-electron chi connectivity index (χ4n) is 2.58. The summed E-state index contributed by atoms with van der Waals surface area (Å²) in [5, 5.41) is 0. The van der Waals surface area contributed by atoms with E-state index in [4.69, 9.17) is 23.1 Å². The lowest BCUT2D eigenvalue weighted by Gasteiger charge is -2.34. The Bertz CT molecular complexity index is 628. The molecule has 2 aliphatic heterocycles. The molecule has 2 aliphatic rings. The molecule has 128 valence electrons. The molecule has 1 aromatic rings. The van der Waals surface area contributed by atoms with Crippen molar-refractivity contribution in [2.45, 2.75) is 43.2 Å². The molecule has 2 fully saturated rings. The first-order chi connectivity index (χ1) is 11.0. The van der Waals surface area contributed by atoms with Gasteiger partial charge in [0.1, 0.15) is 31.9 Å². The van der Waals surface area contributed by atoms with Gasteiger partial charge in [0, 0.05) is 0 Å². The molecule has 2 heterocycles. The lowest BCUT2D eigenvalue weighted by Crippen LogP contribution is -2.51. The molecule has 0 N–H and O–H groups in total. The first-order valence-corrected chi connectivity index (χ1v) is 8.81. The summed E-state index contributed by atoms with van der Waals surface area (Å²) in [5.41, 5.74) is 0.969. The quantitative estimate of drug-likeness (QED) is 0.762. The Labute approximate surface area is 135 Å². The third-order valence-electron chi connectivity index (χ3n) is 3.94. The van der Waals surface area contributed by atoms with Gasteiger partial charge in [-0.15, -0.1) is 0 Å². The zero-order valence-electron chi connectivity index (χ0n) is 13.0. The molecule has 2 saturated heterocycles. The van der Waals surface area contributed by atoms with Gasteiger partial charge in [-0.1, -0.05) is 17.7 Å². The second kappa shape index (κ2) is 6.84. The van der Waals surface area contributed by atoms with Crippen molar-refractivity contribution < 1.29 is 31.5 Å². The van der Waals surface area contributed by atoms with Crippen molar-refractivity contribution in [3.8, 4) is 0 Å². The maximum Gasteiger partial charge on any atom is 0.297 e. The normalized spacial score (nSPS) is 32.1. The van der Waals surface area contributed by atoms with Crippen molar-refractivity contribution in [2.75, 3.05) is 20.2 Å². The lowest BCUT2D eigenvalue weighted by atomic mass is 10.0. The molecule has 0 amide bonds. The molecule has 0 spiro atoms. The minimum atomic E-state index is -3.93. The highest BCUT2D eigenvalue weighted by Crippen LogP contribution is 2.27. The summed E-state index contributed by atoms with van der Waals surface area (Å²) in [6, 6.07) is 6.48. The number of ether oxygens (including phenoxy) is 4. The van der Waals surface area contributed by atoms with E-state index in [0.29, 0.717) is 6.61 Å². The predicted octanol–water partition coefficient (Wildman–Crippen LogP) is 1.20. The van der Waals surface area contributed by atoms with Crippen LogP contribution >= 0.6 is 0 Å². The molecular formula is C15H20O7S. The fraction of sp³-hybridized carbons (Fsp3) is 0.600. The van der Waals surface area contributed by atoms with Gasteiger partial charge in [0.05, 0.1) is 17.6 Å². The van der Waals surface area contributed by atoms with Crippen LogP contribution in [0.1, 0.15) is 12.5 Å². The molecule has 0 unspecified atom stereocenters. The van der Waals surface area contributed by atoms with Gasteiger partial charge >= 0.3 is 0 Å². The molecule has 23 heavy (non-hydrogen) atoms. The van der Waals surface area contributed by atoms with Crippen LogP contribution in [0.4, 0.5) is 0 Å². The summed E-state index contributed by atoms with van der Waals surface area (Å²) < 4.78 is 52.2. The van der Waals surface area contributed by atoms with Crippen molar-refractivity contribution in [1.82, 2.24) is 0 Å². The van der Waals surface area contributed by atoms with Crippen LogP contribution in [0.3, 0.4) is 0 Å². The highest BCUT2D eigenvalue weighted by atomic mass is 32.2. The van der Waals surface area contributed by atoms with Gasteiger partial charge in [-0.25, -0.2) is 0 Å². The Morgan fingerprint density at radius 1 is 1.09 bits per heavy atom. The van der Waals surface area contributed by atoms with Crippen LogP contribution in [0.15, 0.2) is 29.2 Å². The van der Waals surface area contributed by atoms with Crippen molar-refractivity contribution in [2.24, 2.45) is 0 Å². The first kappa shape index (κ1) is 16.8. The van der Waals surface area contributed by atoms with E-state index in [1.807, 2.05) is 6.92 Å². The molecule has 8 heteroatoms. The highest BCUT2D eigenvalue weighted by Gasteiger charge is 2.43. The van der Waals surface area contributed by atoms with E-state index in [9.17, 15) is 8.42 Å². The van der Waals surface area contributed by atoms with Crippen molar-refractivity contribution in [3.05, 3.63) is 29.8 Å². The number of hydrogen-bond acceptors (Lipinski definition) is 7.